The molecule has 9 heteroatoms. The second kappa shape index (κ2) is 11.4. The van der Waals surface area contributed by atoms with E-state index in [4.69, 9.17) is 34.8 Å². The first-order valence-corrected chi connectivity index (χ1v) is 11.6. The Labute approximate surface area is 213 Å². The summed E-state index contributed by atoms with van der Waals surface area (Å²) in [7, 11) is 0. The molecule has 1 unspecified atom stereocenters. The predicted molar refractivity (Wildman–Crippen MR) is 139 cm³/mol. The number of nitrogens with one attached hydrogen (secondary N) is 2. The molecule has 1 aromatic heterocycles. The summed E-state index contributed by atoms with van der Waals surface area (Å²) in [4.78, 5) is 31.2. The number of nitrogens with zero attached hydrogens (tertiary/aromatic N) is 2. The van der Waals surface area contributed by atoms with E-state index in [1.165, 1.54) is 11.0 Å². The van der Waals surface area contributed by atoms with E-state index in [2.05, 4.69) is 22.2 Å². The number of benzene rings is 2. The van der Waals surface area contributed by atoms with Crippen LogP contribution < -0.4 is 15.5 Å². The summed E-state index contributed by atoms with van der Waals surface area (Å²) in [5.41, 5.74) is 1.96. The molecule has 0 fully saturated rings. The van der Waals surface area contributed by atoms with Gasteiger partial charge in [0, 0.05) is 24.1 Å². The number of rotatable bonds is 8. The molecule has 2 amide bonds. The van der Waals surface area contributed by atoms with Gasteiger partial charge in [0.1, 0.15) is 12.0 Å². The lowest BCUT2D eigenvalue weighted by atomic mass is 10.1. The van der Waals surface area contributed by atoms with E-state index >= 15 is 0 Å². The molecule has 6 nitrogen and oxygen atoms in total. The fourth-order valence-electron chi connectivity index (χ4n) is 3.21. The third-order valence-corrected chi connectivity index (χ3v) is 5.48. The highest BCUT2D eigenvalue weighted by atomic mass is 35.6. The van der Waals surface area contributed by atoms with Crippen LogP contribution in [0, 0.1) is 0 Å². The highest BCUT2D eigenvalue weighted by molar-refractivity contribution is 6.68. The smallest absolute Gasteiger partial charge is 0.245 e. The van der Waals surface area contributed by atoms with Crippen LogP contribution in [0.5, 0.6) is 0 Å². The fourth-order valence-corrected chi connectivity index (χ4v) is 3.54. The number of alkyl halides is 3. The van der Waals surface area contributed by atoms with E-state index in [-0.39, 0.29) is 18.1 Å². The van der Waals surface area contributed by atoms with E-state index in [0.29, 0.717) is 11.2 Å². The van der Waals surface area contributed by atoms with Crippen molar-refractivity contribution >= 4 is 69.3 Å². The number of hydrogen-bond acceptors (Lipinski definition) is 4. The first kappa shape index (κ1) is 25.6. The van der Waals surface area contributed by atoms with Gasteiger partial charge in [0.2, 0.25) is 15.6 Å². The maximum Gasteiger partial charge on any atom is 0.245 e. The van der Waals surface area contributed by atoms with Crippen LogP contribution in [0.2, 0.25) is 0 Å². The van der Waals surface area contributed by atoms with Gasteiger partial charge in [-0.05, 0) is 23.8 Å². The van der Waals surface area contributed by atoms with Crippen LogP contribution in [0.1, 0.15) is 18.9 Å². The van der Waals surface area contributed by atoms with Crippen LogP contribution in [0.4, 0.5) is 5.69 Å². The van der Waals surface area contributed by atoms with Crippen LogP contribution in [-0.2, 0) is 9.59 Å². The number of halogens is 3. The summed E-state index contributed by atoms with van der Waals surface area (Å²) in [6.07, 6.45) is 3.60. The molecule has 2 N–H and O–H groups in total. The number of pyridine rings is 1. The summed E-state index contributed by atoms with van der Waals surface area (Å²) in [6.45, 7) is 5.71. The van der Waals surface area contributed by atoms with Gasteiger partial charge in [-0.1, -0.05) is 96.8 Å². The molecule has 0 aliphatic rings. The van der Waals surface area contributed by atoms with Crippen molar-refractivity contribution in [2.45, 2.75) is 23.3 Å². The number of carbonyl (C=O) groups is 2. The molecular formula is C25H23Cl3N4O2. The molecule has 3 rings (SSSR count). The molecule has 1 atom stereocenters. The Hall–Kier alpha value is -3.06. The molecule has 0 bridgehead atoms. The van der Waals surface area contributed by atoms with E-state index in [1.54, 1.807) is 25.3 Å². The average Bonchev–Trinajstić information content (AvgIpc) is 2.82. The largest absolute Gasteiger partial charge is 0.348 e. The lowest BCUT2D eigenvalue weighted by molar-refractivity contribution is -0.118. The molecule has 176 valence electrons. The number of hydrogen-bond donors (Lipinski definition) is 2. The lowest BCUT2D eigenvalue weighted by Crippen LogP contribution is -2.55. The number of carbonyl (C=O) groups excluding carboxylic acids is 2. The number of aromatic nitrogens is 1. The molecule has 0 saturated heterocycles. The van der Waals surface area contributed by atoms with Crippen LogP contribution in [0.3, 0.4) is 0 Å². The Morgan fingerprint density at radius 3 is 2.44 bits per heavy atom. The zero-order valence-electron chi connectivity index (χ0n) is 18.3. The van der Waals surface area contributed by atoms with Crippen molar-refractivity contribution in [1.29, 1.82) is 0 Å². The van der Waals surface area contributed by atoms with Gasteiger partial charge in [-0.15, -0.1) is 0 Å². The van der Waals surface area contributed by atoms with Crippen molar-refractivity contribution in [3.63, 3.8) is 0 Å². The maximum absolute atomic E-state index is 12.9. The van der Waals surface area contributed by atoms with E-state index < -0.39 is 15.9 Å². The summed E-state index contributed by atoms with van der Waals surface area (Å²) in [5, 5.41) is 6.34. The van der Waals surface area contributed by atoms with Crippen molar-refractivity contribution in [2.75, 3.05) is 4.90 Å². The minimum atomic E-state index is -1.95. The third-order valence-electron chi connectivity index (χ3n) is 4.83. The van der Waals surface area contributed by atoms with Gasteiger partial charge in [0.15, 0.2) is 0 Å². The van der Waals surface area contributed by atoms with Crippen molar-refractivity contribution in [3.05, 3.63) is 90.9 Å². The fraction of sp³-hybridized carbons (Fsp3) is 0.160. The summed E-state index contributed by atoms with van der Waals surface area (Å²) < 4.78 is -1.95. The van der Waals surface area contributed by atoms with Crippen LogP contribution in [0.15, 0.2) is 85.3 Å². The maximum atomic E-state index is 12.9. The van der Waals surface area contributed by atoms with Gasteiger partial charge in [-0.3, -0.25) is 19.5 Å². The highest BCUT2D eigenvalue weighted by Crippen LogP contribution is 2.31. The Morgan fingerprint density at radius 2 is 1.76 bits per heavy atom. The van der Waals surface area contributed by atoms with Gasteiger partial charge >= 0.3 is 0 Å². The van der Waals surface area contributed by atoms with Crippen LogP contribution >= 0.6 is 34.8 Å². The highest BCUT2D eigenvalue weighted by Gasteiger charge is 2.35. The van der Waals surface area contributed by atoms with E-state index in [1.807, 2.05) is 54.6 Å². The standard InChI is InChI=1S/C25H23Cl3N4O2/c1-3-22(34)32(20-13-7-11-19-12-8-16-29-23(19)20)17(2)30-24(25(26,27)28)31-21(33)15-14-18-9-5-4-6-10-18/h4-16,24,30H,2-3H2,1H3,(H,31,33)/b15-14+. The Kier molecular flexibility index (Phi) is 8.56. The molecule has 0 radical (unpaired) electrons. The SMILES string of the molecule is C=C(NC(NC(=O)/C=C/c1ccccc1)C(Cl)(Cl)Cl)N(C(=O)CC)c1cccc2cccnc12. The first-order valence-electron chi connectivity index (χ1n) is 10.4. The van der Waals surface area contributed by atoms with Crippen LogP contribution in [0.25, 0.3) is 17.0 Å². The third kappa shape index (κ3) is 6.50. The Bertz CT molecular complexity index is 1200. The molecule has 3 aromatic rings. The molecule has 0 saturated carbocycles. The zero-order valence-corrected chi connectivity index (χ0v) is 20.6. The minimum Gasteiger partial charge on any atom is -0.348 e. The number of amides is 2. The number of para-hydroxylation sites is 1. The molecule has 0 aliphatic heterocycles. The van der Waals surface area contributed by atoms with Crippen molar-refractivity contribution in [2.24, 2.45) is 0 Å². The molecule has 34 heavy (non-hydrogen) atoms. The normalized spacial score (nSPS) is 12.4. The van der Waals surface area contributed by atoms with Gasteiger partial charge in [0.25, 0.3) is 0 Å². The quantitative estimate of drug-likeness (QED) is 0.233. The van der Waals surface area contributed by atoms with Crippen LogP contribution in [-0.4, -0.2) is 26.8 Å². The number of fused-ring (bicyclic) bond motifs is 1. The van der Waals surface area contributed by atoms with Gasteiger partial charge in [0.05, 0.1) is 11.2 Å². The second-order valence-corrected chi connectivity index (χ2v) is 9.62. The predicted octanol–water partition coefficient (Wildman–Crippen LogP) is 5.56. The van der Waals surface area contributed by atoms with E-state index in [9.17, 15) is 9.59 Å². The topological polar surface area (TPSA) is 74.3 Å². The molecule has 0 aliphatic carbocycles. The summed E-state index contributed by atoms with van der Waals surface area (Å²) >= 11 is 18.4. The van der Waals surface area contributed by atoms with Gasteiger partial charge in [-0.25, -0.2) is 0 Å². The molecule has 2 aromatic carbocycles. The monoisotopic (exact) mass is 516 g/mol. The second-order valence-electron chi connectivity index (χ2n) is 7.25. The molecule has 1 heterocycles. The lowest BCUT2D eigenvalue weighted by Gasteiger charge is -2.32. The summed E-state index contributed by atoms with van der Waals surface area (Å²) in [6, 6.07) is 18.4. The molecular weight excluding hydrogens is 495 g/mol. The Balaban J connectivity index is 1.85. The Morgan fingerprint density at radius 1 is 1.06 bits per heavy atom. The van der Waals surface area contributed by atoms with Crippen molar-refractivity contribution in [3.8, 4) is 0 Å². The van der Waals surface area contributed by atoms with E-state index in [0.717, 1.165) is 10.9 Å². The van der Waals surface area contributed by atoms with Crippen molar-refractivity contribution in [1.82, 2.24) is 15.6 Å². The first-order chi connectivity index (χ1) is 16.2. The average molecular weight is 518 g/mol. The summed E-state index contributed by atoms with van der Waals surface area (Å²) in [5.74, 6) is -0.636. The minimum absolute atomic E-state index is 0.119. The van der Waals surface area contributed by atoms with Crippen molar-refractivity contribution < 1.29 is 9.59 Å². The van der Waals surface area contributed by atoms with Gasteiger partial charge in [-0.2, -0.15) is 0 Å². The van der Waals surface area contributed by atoms with Gasteiger partial charge < -0.3 is 10.6 Å². The zero-order chi connectivity index (χ0) is 24.7. The number of anilines is 1. The molecule has 0 spiro atoms.